The van der Waals surface area contributed by atoms with Crippen molar-refractivity contribution >= 4 is 0 Å². The molecule has 4 heteroatoms. The second kappa shape index (κ2) is 4.41. The normalized spacial score (nSPS) is 10.2. The second-order valence-corrected chi connectivity index (χ2v) is 3.02. The molecule has 15 heavy (non-hydrogen) atoms. The fourth-order valence-electron chi connectivity index (χ4n) is 1.33. The van der Waals surface area contributed by atoms with Gasteiger partial charge in [-0.15, -0.1) is 4.91 Å². The first-order valence-electron chi connectivity index (χ1n) is 4.56. The molecule has 74 valence electrons. The van der Waals surface area contributed by atoms with Gasteiger partial charge in [0.1, 0.15) is 0 Å². The first-order chi connectivity index (χ1) is 7.42. The smallest absolute Gasteiger partial charge is 0.175 e. The molecule has 2 heterocycles. The van der Waals surface area contributed by atoms with Crippen molar-refractivity contribution in [3.8, 4) is 0 Å². The zero-order valence-corrected chi connectivity index (χ0v) is 7.95. The summed E-state index contributed by atoms with van der Waals surface area (Å²) in [6.07, 6.45) is 3.27. The minimum Gasteiger partial charge on any atom is -0.258 e. The predicted octanol–water partition coefficient (Wildman–Crippen LogP) is 2.33. The Morgan fingerprint density at radius 3 is 1.80 bits per heavy atom. The minimum absolute atomic E-state index is 0.617. The van der Waals surface area contributed by atoms with Gasteiger partial charge in [-0.05, 0) is 24.3 Å². The molecular formula is C11H9N3O. The van der Waals surface area contributed by atoms with Crippen molar-refractivity contribution in [1.82, 2.24) is 9.97 Å². The summed E-state index contributed by atoms with van der Waals surface area (Å²) < 4.78 is 0. The first kappa shape index (κ1) is 9.45. The third-order valence-electron chi connectivity index (χ3n) is 2.04. The average Bonchev–Trinajstić information content (AvgIpc) is 2.33. The number of pyridine rings is 2. The van der Waals surface area contributed by atoms with Crippen LogP contribution in [0.15, 0.2) is 54.0 Å². The van der Waals surface area contributed by atoms with Crippen molar-refractivity contribution in [3.63, 3.8) is 0 Å². The van der Waals surface area contributed by atoms with E-state index in [0.29, 0.717) is 11.4 Å². The van der Waals surface area contributed by atoms with E-state index in [2.05, 4.69) is 15.1 Å². The molecule has 0 aromatic carbocycles. The zero-order chi connectivity index (χ0) is 10.5. The predicted molar refractivity (Wildman–Crippen MR) is 56.1 cm³/mol. The lowest BCUT2D eigenvalue weighted by atomic mass is 10.1. The van der Waals surface area contributed by atoms with Crippen LogP contribution in [0.25, 0.3) is 0 Å². The molecule has 0 spiro atoms. The largest absolute Gasteiger partial charge is 0.258 e. The molecule has 0 aliphatic carbocycles. The van der Waals surface area contributed by atoms with Crippen LogP contribution in [0.4, 0.5) is 0 Å². The van der Waals surface area contributed by atoms with E-state index >= 15 is 0 Å². The number of nitroso groups, excluding NO2 is 1. The highest BCUT2D eigenvalue weighted by atomic mass is 16.3. The third kappa shape index (κ3) is 2.04. The van der Waals surface area contributed by atoms with E-state index in [0.717, 1.165) is 0 Å². The van der Waals surface area contributed by atoms with Crippen LogP contribution in [0.1, 0.15) is 17.4 Å². The van der Waals surface area contributed by atoms with Gasteiger partial charge in [-0.2, -0.15) is 0 Å². The van der Waals surface area contributed by atoms with Crippen LogP contribution >= 0.6 is 0 Å². The van der Waals surface area contributed by atoms with Crippen LogP contribution in [0.5, 0.6) is 0 Å². The van der Waals surface area contributed by atoms with Gasteiger partial charge >= 0.3 is 0 Å². The molecule has 2 rings (SSSR count). The summed E-state index contributed by atoms with van der Waals surface area (Å²) in [5.41, 5.74) is 1.23. The quantitative estimate of drug-likeness (QED) is 0.713. The summed E-state index contributed by atoms with van der Waals surface area (Å²) in [5.74, 6) is 0. The van der Waals surface area contributed by atoms with Gasteiger partial charge in [0, 0.05) is 12.4 Å². The molecule has 0 fully saturated rings. The molecule has 0 atom stereocenters. The summed E-state index contributed by atoms with van der Waals surface area (Å²) in [7, 11) is 0. The maximum absolute atomic E-state index is 10.8. The lowest BCUT2D eigenvalue weighted by Crippen LogP contribution is -2.01. The van der Waals surface area contributed by atoms with Gasteiger partial charge in [0.15, 0.2) is 6.04 Å². The van der Waals surface area contributed by atoms with Crippen molar-refractivity contribution in [2.45, 2.75) is 6.04 Å². The molecule has 0 bridgehead atoms. The number of hydrogen-bond acceptors (Lipinski definition) is 4. The van der Waals surface area contributed by atoms with E-state index in [9.17, 15) is 4.91 Å². The fourth-order valence-corrected chi connectivity index (χ4v) is 1.33. The van der Waals surface area contributed by atoms with Crippen molar-refractivity contribution in [3.05, 3.63) is 65.1 Å². The van der Waals surface area contributed by atoms with Crippen molar-refractivity contribution in [1.29, 1.82) is 0 Å². The van der Waals surface area contributed by atoms with E-state index in [4.69, 9.17) is 0 Å². The van der Waals surface area contributed by atoms with E-state index in [-0.39, 0.29) is 0 Å². The molecule has 4 nitrogen and oxygen atoms in total. The number of nitrogens with zero attached hydrogens (tertiary/aromatic N) is 3. The minimum atomic E-state index is -0.618. The molecule has 0 aliphatic rings. The zero-order valence-electron chi connectivity index (χ0n) is 7.95. The van der Waals surface area contributed by atoms with Crippen molar-refractivity contribution in [2.24, 2.45) is 5.18 Å². The number of hydrogen-bond donors (Lipinski definition) is 0. The molecule has 0 radical (unpaired) electrons. The Balaban J connectivity index is 2.38. The van der Waals surface area contributed by atoms with Crippen LogP contribution in [-0.2, 0) is 0 Å². The Kier molecular flexibility index (Phi) is 2.78. The van der Waals surface area contributed by atoms with Gasteiger partial charge in [0.05, 0.1) is 11.4 Å². The molecule has 0 amide bonds. The summed E-state index contributed by atoms with van der Waals surface area (Å²) in [6.45, 7) is 0. The van der Waals surface area contributed by atoms with Gasteiger partial charge in [-0.25, -0.2) is 0 Å². The van der Waals surface area contributed by atoms with Crippen LogP contribution in [0, 0.1) is 4.91 Å². The van der Waals surface area contributed by atoms with E-state index in [1.807, 2.05) is 12.1 Å². The second-order valence-electron chi connectivity index (χ2n) is 3.02. The molecule has 0 saturated heterocycles. The third-order valence-corrected chi connectivity index (χ3v) is 2.04. The summed E-state index contributed by atoms with van der Waals surface area (Å²) >= 11 is 0. The van der Waals surface area contributed by atoms with Gasteiger partial charge in [0.2, 0.25) is 0 Å². The molecular weight excluding hydrogens is 190 g/mol. The molecule has 0 saturated carbocycles. The van der Waals surface area contributed by atoms with Gasteiger partial charge in [0.25, 0.3) is 0 Å². The lowest BCUT2D eigenvalue weighted by molar-refractivity contribution is 0.789. The van der Waals surface area contributed by atoms with Gasteiger partial charge in [-0.3, -0.25) is 9.97 Å². The molecule has 0 unspecified atom stereocenters. The molecule has 2 aromatic rings. The lowest BCUT2D eigenvalue weighted by Gasteiger charge is -2.06. The Bertz CT molecular complexity index is 391. The summed E-state index contributed by atoms with van der Waals surface area (Å²) in [4.78, 5) is 19.0. The van der Waals surface area contributed by atoms with Crippen LogP contribution in [0.2, 0.25) is 0 Å². The molecule has 2 aromatic heterocycles. The van der Waals surface area contributed by atoms with Crippen molar-refractivity contribution < 1.29 is 0 Å². The topological polar surface area (TPSA) is 55.2 Å². The highest BCUT2D eigenvalue weighted by Crippen LogP contribution is 2.21. The standard InChI is InChI=1S/C11H9N3O/c15-14-11(9-5-1-3-7-12-9)10-6-2-4-8-13-10/h1-8,11H. The summed E-state index contributed by atoms with van der Waals surface area (Å²) in [6, 6.07) is 10.1. The maximum Gasteiger partial charge on any atom is 0.175 e. The van der Waals surface area contributed by atoms with Crippen LogP contribution in [-0.4, -0.2) is 9.97 Å². The highest BCUT2D eigenvalue weighted by molar-refractivity contribution is 5.21. The van der Waals surface area contributed by atoms with Crippen LogP contribution in [0.3, 0.4) is 0 Å². The first-order valence-corrected chi connectivity index (χ1v) is 4.56. The van der Waals surface area contributed by atoms with E-state index in [1.165, 1.54) is 0 Å². The van der Waals surface area contributed by atoms with Crippen molar-refractivity contribution in [2.75, 3.05) is 0 Å². The Morgan fingerprint density at radius 1 is 0.933 bits per heavy atom. The Hall–Kier alpha value is -2.10. The van der Waals surface area contributed by atoms with E-state index < -0.39 is 6.04 Å². The average molecular weight is 199 g/mol. The molecule has 0 N–H and O–H groups in total. The van der Waals surface area contributed by atoms with E-state index in [1.54, 1.807) is 36.7 Å². The van der Waals surface area contributed by atoms with Crippen LogP contribution < -0.4 is 0 Å². The monoisotopic (exact) mass is 199 g/mol. The fraction of sp³-hybridized carbons (Fsp3) is 0.0909. The van der Waals surface area contributed by atoms with Gasteiger partial charge in [-0.1, -0.05) is 17.3 Å². The SMILES string of the molecule is O=NC(c1ccccn1)c1ccccn1. The maximum atomic E-state index is 10.8. The summed E-state index contributed by atoms with van der Waals surface area (Å²) in [5, 5.41) is 3.05. The van der Waals surface area contributed by atoms with Gasteiger partial charge < -0.3 is 0 Å². The highest BCUT2D eigenvalue weighted by Gasteiger charge is 2.16. The number of aromatic nitrogens is 2. The Labute approximate surface area is 87.0 Å². The number of rotatable bonds is 3. The Morgan fingerprint density at radius 2 is 1.47 bits per heavy atom. The molecule has 0 aliphatic heterocycles.